The molecule has 30 heavy (non-hydrogen) atoms. The molecule has 0 radical (unpaired) electrons. The highest BCUT2D eigenvalue weighted by molar-refractivity contribution is 9.10. The van der Waals surface area contributed by atoms with E-state index in [-0.39, 0.29) is 27.1 Å². The molecule has 1 fully saturated rings. The zero-order chi connectivity index (χ0) is 22.3. The molecule has 1 aliphatic heterocycles. The number of benzene rings is 2. The second-order valence-electron chi connectivity index (χ2n) is 6.60. The van der Waals surface area contributed by atoms with Crippen LogP contribution in [0.3, 0.4) is 0 Å². The second kappa shape index (κ2) is 8.05. The molecule has 0 aliphatic carbocycles. The standard InChI is InChI=1S/C19H16BrF3N2O4S/c1-29-12-8-10(7-11(20)16(12)27)14-13(15(26)9-5-3-2-4-6-9)18(28,19(21,22)23)25-17(30)24-14/h2-8,13-14,27-28H,1H3,(H2,24,25,30). The summed E-state index contributed by atoms with van der Waals surface area (Å²) in [5, 5.41) is 24.7. The first-order chi connectivity index (χ1) is 14.0. The molecular weight excluding hydrogens is 489 g/mol. The summed E-state index contributed by atoms with van der Waals surface area (Å²) >= 11 is 8.00. The first kappa shape index (κ1) is 22.3. The van der Waals surface area contributed by atoms with Gasteiger partial charge < -0.3 is 25.6 Å². The summed E-state index contributed by atoms with van der Waals surface area (Å²) < 4.78 is 47.1. The lowest BCUT2D eigenvalue weighted by Gasteiger charge is -2.46. The van der Waals surface area contributed by atoms with Crippen molar-refractivity contribution in [2.24, 2.45) is 5.92 Å². The highest BCUT2D eigenvalue weighted by atomic mass is 79.9. The Balaban J connectivity index is 2.22. The fourth-order valence-corrected chi connectivity index (χ4v) is 4.07. The lowest BCUT2D eigenvalue weighted by Crippen LogP contribution is -2.72. The van der Waals surface area contributed by atoms with Crippen LogP contribution in [-0.4, -0.2) is 40.1 Å². The van der Waals surface area contributed by atoms with E-state index in [0.29, 0.717) is 0 Å². The number of hydrogen-bond donors (Lipinski definition) is 4. The van der Waals surface area contributed by atoms with Gasteiger partial charge in [0.25, 0.3) is 0 Å². The molecule has 0 aromatic heterocycles. The van der Waals surface area contributed by atoms with Crippen molar-refractivity contribution in [2.45, 2.75) is 17.9 Å². The average Bonchev–Trinajstić information content (AvgIpc) is 2.68. The Hall–Kier alpha value is -2.37. The van der Waals surface area contributed by atoms with Crippen LogP contribution in [0.4, 0.5) is 13.2 Å². The number of nitrogens with one attached hydrogen (secondary N) is 2. The van der Waals surface area contributed by atoms with Crippen molar-refractivity contribution in [1.82, 2.24) is 10.6 Å². The van der Waals surface area contributed by atoms with E-state index in [0.717, 1.165) is 0 Å². The number of alkyl halides is 3. The van der Waals surface area contributed by atoms with Crippen molar-refractivity contribution in [3.05, 3.63) is 58.1 Å². The quantitative estimate of drug-likeness (QED) is 0.374. The summed E-state index contributed by atoms with van der Waals surface area (Å²) in [6.07, 6.45) is -5.23. The van der Waals surface area contributed by atoms with Gasteiger partial charge in [-0.25, -0.2) is 0 Å². The first-order valence-corrected chi connectivity index (χ1v) is 9.73. The number of phenols is 1. The molecule has 4 N–H and O–H groups in total. The topological polar surface area (TPSA) is 90.8 Å². The van der Waals surface area contributed by atoms with Gasteiger partial charge in [0.1, 0.15) is 5.92 Å². The molecule has 2 aromatic rings. The minimum Gasteiger partial charge on any atom is -0.503 e. The molecule has 0 amide bonds. The number of halogens is 4. The van der Waals surface area contributed by atoms with E-state index in [9.17, 15) is 28.2 Å². The summed E-state index contributed by atoms with van der Waals surface area (Å²) in [5.41, 5.74) is -3.52. The molecule has 3 unspecified atom stereocenters. The van der Waals surface area contributed by atoms with Gasteiger partial charge in [0, 0.05) is 5.56 Å². The summed E-state index contributed by atoms with van der Waals surface area (Å²) in [6.45, 7) is 0. The Kier molecular flexibility index (Phi) is 5.99. The maximum Gasteiger partial charge on any atom is 0.437 e. The number of aliphatic hydroxyl groups is 1. The number of aromatic hydroxyl groups is 1. The molecule has 0 bridgehead atoms. The zero-order valence-electron chi connectivity index (χ0n) is 15.3. The van der Waals surface area contributed by atoms with Crippen LogP contribution in [0.5, 0.6) is 11.5 Å². The molecule has 2 aromatic carbocycles. The number of ketones is 1. The number of thiocarbonyl (C=S) groups is 1. The van der Waals surface area contributed by atoms with Gasteiger partial charge in [0.05, 0.1) is 17.6 Å². The first-order valence-electron chi connectivity index (χ1n) is 8.53. The van der Waals surface area contributed by atoms with Gasteiger partial charge in [-0.05, 0) is 45.8 Å². The number of hydrogen-bond acceptors (Lipinski definition) is 5. The van der Waals surface area contributed by atoms with Crippen LogP contribution in [-0.2, 0) is 0 Å². The highest BCUT2D eigenvalue weighted by Crippen LogP contribution is 2.46. The second-order valence-corrected chi connectivity index (χ2v) is 7.86. The summed E-state index contributed by atoms with van der Waals surface area (Å²) in [5.74, 6) is -3.30. The van der Waals surface area contributed by atoms with Crippen molar-refractivity contribution in [2.75, 3.05) is 7.11 Å². The minimum absolute atomic E-state index is 0.0172. The Morgan fingerprint density at radius 3 is 2.47 bits per heavy atom. The third kappa shape index (κ3) is 3.84. The van der Waals surface area contributed by atoms with E-state index in [1.54, 1.807) is 6.07 Å². The fourth-order valence-electron chi connectivity index (χ4n) is 3.33. The molecule has 1 heterocycles. The van der Waals surface area contributed by atoms with Crippen LogP contribution in [0, 0.1) is 5.92 Å². The van der Waals surface area contributed by atoms with Crippen LogP contribution < -0.4 is 15.4 Å². The van der Waals surface area contributed by atoms with Crippen molar-refractivity contribution >= 4 is 39.0 Å². The Morgan fingerprint density at radius 2 is 1.90 bits per heavy atom. The molecule has 0 spiro atoms. The SMILES string of the molecule is COc1cc(C2NC(=S)NC(O)(C(F)(F)F)C2C(=O)c2ccccc2)cc(Br)c1O. The van der Waals surface area contributed by atoms with Crippen molar-refractivity contribution in [1.29, 1.82) is 0 Å². The highest BCUT2D eigenvalue weighted by Gasteiger charge is 2.65. The fraction of sp³-hybridized carbons (Fsp3) is 0.263. The summed E-state index contributed by atoms with van der Waals surface area (Å²) in [6, 6.07) is 8.54. The van der Waals surface area contributed by atoms with Crippen LogP contribution >= 0.6 is 28.1 Å². The monoisotopic (exact) mass is 504 g/mol. The Labute approximate surface area is 183 Å². The summed E-state index contributed by atoms with van der Waals surface area (Å²) in [7, 11) is 1.27. The molecule has 0 saturated carbocycles. The van der Waals surface area contributed by atoms with E-state index < -0.39 is 34.8 Å². The van der Waals surface area contributed by atoms with E-state index in [1.165, 1.54) is 43.5 Å². The molecule has 1 saturated heterocycles. The molecule has 11 heteroatoms. The van der Waals surface area contributed by atoms with Crippen molar-refractivity contribution < 1.29 is 32.9 Å². The third-order valence-electron chi connectivity index (χ3n) is 4.78. The van der Waals surface area contributed by atoms with Crippen LogP contribution in [0.1, 0.15) is 22.0 Å². The zero-order valence-corrected chi connectivity index (χ0v) is 17.7. The molecule has 160 valence electrons. The molecule has 3 atom stereocenters. The number of phenolic OH excluding ortho intramolecular Hbond substituents is 1. The van der Waals surface area contributed by atoms with Gasteiger partial charge in [-0.3, -0.25) is 4.79 Å². The van der Waals surface area contributed by atoms with Crippen molar-refractivity contribution in [3.63, 3.8) is 0 Å². The minimum atomic E-state index is -5.23. The number of rotatable bonds is 4. The largest absolute Gasteiger partial charge is 0.503 e. The van der Waals surface area contributed by atoms with Gasteiger partial charge in [-0.15, -0.1) is 0 Å². The average molecular weight is 505 g/mol. The van der Waals surface area contributed by atoms with Gasteiger partial charge in [-0.1, -0.05) is 30.3 Å². The van der Waals surface area contributed by atoms with Crippen molar-refractivity contribution in [3.8, 4) is 11.5 Å². The molecular formula is C19H16BrF3N2O4S. The third-order valence-corrected chi connectivity index (χ3v) is 5.60. The number of carbonyl (C=O) groups is 1. The number of methoxy groups -OCH3 is 1. The number of carbonyl (C=O) groups excluding carboxylic acids is 1. The number of Topliss-reactive ketones (excluding diaryl/α,β-unsaturated/α-hetero) is 1. The van der Waals surface area contributed by atoms with Gasteiger partial charge >= 0.3 is 6.18 Å². The smallest absolute Gasteiger partial charge is 0.437 e. The van der Waals surface area contributed by atoms with Crippen LogP contribution in [0.2, 0.25) is 0 Å². The molecule has 1 aliphatic rings. The number of ether oxygens (including phenoxy) is 1. The van der Waals surface area contributed by atoms with E-state index in [2.05, 4.69) is 21.2 Å². The molecule has 3 rings (SSSR count). The van der Waals surface area contributed by atoms with E-state index in [1.807, 2.05) is 5.32 Å². The maximum absolute atomic E-state index is 14.0. The summed E-state index contributed by atoms with van der Waals surface area (Å²) in [4.78, 5) is 13.2. The van der Waals surface area contributed by atoms with Gasteiger partial charge in [0.15, 0.2) is 22.4 Å². The predicted octanol–water partition coefficient (Wildman–Crippen LogP) is 3.43. The van der Waals surface area contributed by atoms with E-state index >= 15 is 0 Å². The Morgan fingerprint density at radius 1 is 1.27 bits per heavy atom. The lowest BCUT2D eigenvalue weighted by molar-refractivity contribution is -0.285. The van der Waals surface area contributed by atoms with Crippen LogP contribution in [0.15, 0.2) is 46.9 Å². The Bertz CT molecular complexity index is 990. The lowest BCUT2D eigenvalue weighted by atomic mass is 9.77. The predicted molar refractivity (Wildman–Crippen MR) is 109 cm³/mol. The molecule has 6 nitrogen and oxygen atoms in total. The van der Waals surface area contributed by atoms with Crippen LogP contribution in [0.25, 0.3) is 0 Å². The van der Waals surface area contributed by atoms with E-state index in [4.69, 9.17) is 17.0 Å². The normalized spacial score (nSPS) is 24.0. The maximum atomic E-state index is 14.0. The van der Waals surface area contributed by atoms with Gasteiger partial charge in [-0.2, -0.15) is 13.2 Å². The van der Waals surface area contributed by atoms with Gasteiger partial charge in [0.2, 0.25) is 5.72 Å².